The molecule has 3 rings (SSSR count). The summed E-state index contributed by atoms with van der Waals surface area (Å²) in [6.45, 7) is 0. The number of aromatic amines is 1. The molecule has 1 atom stereocenters. The first kappa shape index (κ1) is 20.1. The highest BCUT2D eigenvalue weighted by Crippen LogP contribution is 2.23. The van der Waals surface area contributed by atoms with Gasteiger partial charge in [0.2, 0.25) is 5.91 Å². The lowest BCUT2D eigenvalue weighted by molar-refractivity contribution is -0.145. The average molecular weight is 419 g/mol. The van der Waals surface area contributed by atoms with Gasteiger partial charge in [-0.25, -0.2) is 4.79 Å². The maximum atomic E-state index is 12.3. The van der Waals surface area contributed by atoms with Crippen LogP contribution < -0.4 is 5.32 Å². The van der Waals surface area contributed by atoms with Crippen LogP contribution in [0.4, 0.5) is 0 Å². The van der Waals surface area contributed by atoms with Gasteiger partial charge in [-0.3, -0.25) is 9.59 Å². The number of Topliss-reactive ketones (excluding diaryl/α,β-unsaturated/α-hetero) is 1. The SMILES string of the molecule is COC(=O)C(Cc1c[nH]c2ccccc12)NC(=O)CCC(=O)c1ccc(Cl)s1. The van der Waals surface area contributed by atoms with Gasteiger partial charge in [0.15, 0.2) is 5.78 Å². The Morgan fingerprint density at radius 1 is 1.18 bits per heavy atom. The van der Waals surface area contributed by atoms with E-state index in [2.05, 4.69) is 10.3 Å². The van der Waals surface area contributed by atoms with Crippen LogP contribution in [0.25, 0.3) is 10.9 Å². The molecule has 0 aliphatic carbocycles. The van der Waals surface area contributed by atoms with Crippen LogP contribution in [-0.2, 0) is 20.7 Å². The minimum atomic E-state index is -0.831. The van der Waals surface area contributed by atoms with E-state index >= 15 is 0 Å². The first-order valence-electron chi connectivity index (χ1n) is 8.68. The molecule has 2 heterocycles. The first-order chi connectivity index (χ1) is 13.5. The summed E-state index contributed by atoms with van der Waals surface area (Å²) in [6.07, 6.45) is 2.13. The van der Waals surface area contributed by atoms with Crippen molar-refractivity contribution in [3.63, 3.8) is 0 Å². The Labute approximate surface area is 170 Å². The van der Waals surface area contributed by atoms with E-state index in [1.807, 2.05) is 30.5 Å². The lowest BCUT2D eigenvalue weighted by Gasteiger charge is -2.16. The molecule has 3 aromatic rings. The number of carbonyl (C=O) groups is 3. The fraction of sp³-hybridized carbons (Fsp3) is 0.250. The molecule has 0 spiro atoms. The smallest absolute Gasteiger partial charge is 0.328 e. The Morgan fingerprint density at radius 3 is 2.68 bits per heavy atom. The Balaban J connectivity index is 1.62. The van der Waals surface area contributed by atoms with Crippen LogP contribution in [0.15, 0.2) is 42.6 Å². The van der Waals surface area contributed by atoms with Crippen molar-refractivity contribution in [2.75, 3.05) is 7.11 Å². The third-order valence-corrected chi connectivity index (χ3v) is 5.62. The molecule has 0 saturated carbocycles. The van der Waals surface area contributed by atoms with Gasteiger partial charge in [-0.15, -0.1) is 11.3 Å². The predicted octanol–water partition coefficient (Wildman–Crippen LogP) is 3.75. The van der Waals surface area contributed by atoms with Gasteiger partial charge in [-0.05, 0) is 23.8 Å². The van der Waals surface area contributed by atoms with E-state index in [0.29, 0.717) is 9.21 Å². The molecule has 1 amide bonds. The summed E-state index contributed by atoms with van der Waals surface area (Å²) in [5.41, 5.74) is 1.85. The lowest BCUT2D eigenvalue weighted by Crippen LogP contribution is -2.43. The second kappa shape index (κ2) is 9.03. The minimum Gasteiger partial charge on any atom is -0.467 e. The predicted molar refractivity (Wildman–Crippen MR) is 109 cm³/mol. The van der Waals surface area contributed by atoms with Gasteiger partial charge in [0.05, 0.1) is 16.3 Å². The number of rotatable bonds is 8. The number of benzene rings is 1. The van der Waals surface area contributed by atoms with E-state index in [9.17, 15) is 14.4 Å². The summed E-state index contributed by atoms with van der Waals surface area (Å²) in [4.78, 5) is 40.2. The molecule has 1 aromatic carbocycles. The van der Waals surface area contributed by atoms with Gasteiger partial charge in [-0.1, -0.05) is 29.8 Å². The van der Waals surface area contributed by atoms with Gasteiger partial charge < -0.3 is 15.0 Å². The molecule has 28 heavy (non-hydrogen) atoms. The molecular weight excluding hydrogens is 400 g/mol. The molecular formula is C20H19ClN2O4S. The summed E-state index contributed by atoms with van der Waals surface area (Å²) >= 11 is 7.01. The first-order valence-corrected chi connectivity index (χ1v) is 9.88. The Morgan fingerprint density at radius 2 is 1.96 bits per heavy atom. The van der Waals surface area contributed by atoms with E-state index < -0.39 is 12.0 Å². The number of ether oxygens (including phenoxy) is 1. The molecule has 0 radical (unpaired) electrons. The number of hydrogen-bond donors (Lipinski definition) is 2. The maximum absolute atomic E-state index is 12.3. The molecule has 6 nitrogen and oxygen atoms in total. The van der Waals surface area contributed by atoms with Crippen LogP contribution >= 0.6 is 22.9 Å². The van der Waals surface area contributed by atoms with Crippen molar-refractivity contribution < 1.29 is 19.1 Å². The number of nitrogens with one attached hydrogen (secondary N) is 2. The van der Waals surface area contributed by atoms with E-state index in [4.69, 9.17) is 16.3 Å². The van der Waals surface area contributed by atoms with Crippen LogP contribution in [0.2, 0.25) is 4.34 Å². The average Bonchev–Trinajstić information content (AvgIpc) is 3.31. The molecule has 0 aliphatic rings. The number of amides is 1. The molecule has 146 valence electrons. The number of fused-ring (bicyclic) bond motifs is 1. The van der Waals surface area contributed by atoms with Crippen LogP contribution in [0.5, 0.6) is 0 Å². The van der Waals surface area contributed by atoms with Crippen LogP contribution in [0.3, 0.4) is 0 Å². The molecule has 2 aromatic heterocycles. The van der Waals surface area contributed by atoms with Crippen LogP contribution in [0.1, 0.15) is 28.1 Å². The van der Waals surface area contributed by atoms with Crippen LogP contribution in [-0.4, -0.2) is 35.8 Å². The van der Waals surface area contributed by atoms with Crippen molar-refractivity contribution in [1.29, 1.82) is 0 Å². The van der Waals surface area contributed by atoms with E-state index in [1.54, 1.807) is 12.1 Å². The quantitative estimate of drug-likeness (QED) is 0.430. The third kappa shape index (κ3) is 4.79. The number of esters is 1. The van der Waals surface area contributed by atoms with Crippen molar-refractivity contribution in [2.24, 2.45) is 0 Å². The second-order valence-electron chi connectivity index (χ2n) is 6.23. The standard InChI is InChI=1S/C20H19ClN2O4S/c1-27-20(26)15(10-12-11-22-14-5-3-2-4-13(12)14)23-19(25)9-6-16(24)17-7-8-18(21)28-17/h2-5,7-8,11,15,22H,6,9-10H2,1H3,(H,23,25). The molecule has 1 unspecified atom stereocenters. The number of thiophene rings is 1. The molecule has 0 fully saturated rings. The topological polar surface area (TPSA) is 88.3 Å². The zero-order chi connectivity index (χ0) is 20.1. The Kier molecular flexibility index (Phi) is 6.49. The number of hydrogen-bond acceptors (Lipinski definition) is 5. The number of methoxy groups -OCH3 is 1. The molecule has 0 saturated heterocycles. The molecule has 8 heteroatoms. The Bertz CT molecular complexity index is 1010. The van der Waals surface area contributed by atoms with Crippen molar-refractivity contribution in [3.05, 3.63) is 57.4 Å². The monoisotopic (exact) mass is 418 g/mol. The van der Waals surface area contributed by atoms with E-state index in [-0.39, 0.29) is 31.0 Å². The minimum absolute atomic E-state index is 0.0181. The molecule has 2 N–H and O–H groups in total. The summed E-state index contributed by atoms with van der Waals surface area (Å²) in [7, 11) is 1.28. The Hall–Kier alpha value is -2.64. The summed E-state index contributed by atoms with van der Waals surface area (Å²) in [6, 6.07) is 10.2. The molecule has 0 bridgehead atoms. The third-order valence-electron chi connectivity index (χ3n) is 4.35. The summed E-state index contributed by atoms with van der Waals surface area (Å²) in [5, 5.41) is 3.66. The highest BCUT2D eigenvalue weighted by molar-refractivity contribution is 7.18. The van der Waals surface area contributed by atoms with E-state index in [0.717, 1.165) is 16.5 Å². The lowest BCUT2D eigenvalue weighted by atomic mass is 10.0. The van der Waals surface area contributed by atoms with Crippen molar-refractivity contribution in [3.8, 4) is 0 Å². The van der Waals surface area contributed by atoms with Gasteiger partial charge >= 0.3 is 5.97 Å². The zero-order valence-corrected chi connectivity index (χ0v) is 16.7. The largest absolute Gasteiger partial charge is 0.467 e. The van der Waals surface area contributed by atoms with Crippen molar-refractivity contribution in [2.45, 2.75) is 25.3 Å². The van der Waals surface area contributed by atoms with E-state index in [1.165, 1.54) is 18.4 Å². The van der Waals surface area contributed by atoms with Gasteiger partial charge in [0, 0.05) is 36.4 Å². The van der Waals surface area contributed by atoms with Crippen molar-refractivity contribution >= 4 is 51.5 Å². The summed E-state index contributed by atoms with van der Waals surface area (Å²) in [5.74, 6) is -1.07. The van der Waals surface area contributed by atoms with Crippen LogP contribution in [0, 0.1) is 0 Å². The van der Waals surface area contributed by atoms with Crippen molar-refractivity contribution in [1.82, 2.24) is 10.3 Å². The number of H-pyrrole nitrogens is 1. The fourth-order valence-corrected chi connectivity index (χ4v) is 3.95. The normalized spacial score (nSPS) is 11.9. The second-order valence-corrected chi connectivity index (χ2v) is 7.95. The van der Waals surface area contributed by atoms with Gasteiger partial charge in [-0.2, -0.15) is 0 Å². The highest BCUT2D eigenvalue weighted by Gasteiger charge is 2.23. The summed E-state index contributed by atoms with van der Waals surface area (Å²) < 4.78 is 5.35. The highest BCUT2D eigenvalue weighted by atomic mass is 35.5. The zero-order valence-electron chi connectivity index (χ0n) is 15.2. The number of aromatic nitrogens is 1. The number of ketones is 1. The van der Waals surface area contributed by atoms with Gasteiger partial charge in [0.25, 0.3) is 0 Å². The number of para-hydroxylation sites is 1. The number of carbonyl (C=O) groups excluding carboxylic acids is 3. The fourth-order valence-electron chi connectivity index (χ4n) is 2.94. The van der Waals surface area contributed by atoms with Gasteiger partial charge in [0.1, 0.15) is 6.04 Å². The number of halogens is 1. The molecule has 0 aliphatic heterocycles. The maximum Gasteiger partial charge on any atom is 0.328 e.